The number of benzene rings is 1. The summed E-state index contributed by atoms with van der Waals surface area (Å²) in [7, 11) is 1.60. The van der Waals surface area contributed by atoms with Crippen molar-refractivity contribution < 1.29 is 14.3 Å². The van der Waals surface area contributed by atoms with Gasteiger partial charge in [0, 0.05) is 11.5 Å². The zero-order chi connectivity index (χ0) is 15.7. The maximum atomic E-state index is 12.2. The van der Waals surface area contributed by atoms with Gasteiger partial charge in [-0.25, -0.2) is 0 Å². The molecule has 0 saturated carbocycles. The summed E-state index contributed by atoms with van der Waals surface area (Å²) in [5, 5.41) is 0. The molecule has 21 heavy (non-hydrogen) atoms. The fourth-order valence-corrected chi connectivity index (χ4v) is 2.32. The second kappa shape index (κ2) is 9.55. The molecule has 4 nitrogen and oxygen atoms in total. The third kappa shape index (κ3) is 6.29. The van der Waals surface area contributed by atoms with Crippen molar-refractivity contribution in [2.24, 2.45) is 0 Å². The highest BCUT2D eigenvalue weighted by Gasteiger charge is 2.17. The minimum Gasteiger partial charge on any atom is -0.464 e. The molecule has 1 amide bonds. The van der Waals surface area contributed by atoms with Gasteiger partial charge in [0.2, 0.25) is 0 Å². The first kappa shape index (κ1) is 17.7. The summed E-state index contributed by atoms with van der Waals surface area (Å²) in [6, 6.07) is 7.15. The lowest BCUT2D eigenvalue weighted by molar-refractivity contribution is -0.144. The number of halogens is 1. The second-order valence-electron chi connectivity index (χ2n) is 4.92. The largest absolute Gasteiger partial charge is 0.464 e. The lowest BCUT2D eigenvalue weighted by Gasteiger charge is -2.17. The van der Waals surface area contributed by atoms with Crippen LogP contribution in [0.3, 0.4) is 0 Å². The number of ether oxygens (including phenoxy) is 1. The zero-order valence-electron chi connectivity index (χ0n) is 12.6. The fourth-order valence-electron chi connectivity index (χ4n) is 1.87. The summed E-state index contributed by atoms with van der Waals surface area (Å²) < 4.78 is 5.85. The van der Waals surface area contributed by atoms with Gasteiger partial charge < -0.3 is 9.64 Å². The molecule has 0 atom stereocenters. The van der Waals surface area contributed by atoms with Gasteiger partial charge in [-0.3, -0.25) is 9.59 Å². The summed E-state index contributed by atoms with van der Waals surface area (Å²) in [6.45, 7) is 2.53. The molecule has 116 valence electrons. The van der Waals surface area contributed by atoms with Crippen LogP contribution in [-0.4, -0.2) is 37.0 Å². The molecule has 0 aliphatic rings. The Hall–Kier alpha value is -1.36. The SMILES string of the molecule is CCCCCCOC(=O)CN(C)C(=O)c1ccccc1Br. The summed E-state index contributed by atoms with van der Waals surface area (Å²) in [6.07, 6.45) is 4.24. The molecule has 0 aliphatic heterocycles. The van der Waals surface area contributed by atoms with Gasteiger partial charge in [-0.1, -0.05) is 38.3 Å². The number of carbonyl (C=O) groups excluding carboxylic acids is 2. The highest BCUT2D eigenvalue weighted by atomic mass is 79.9. The van der Waals surface area contributed by atoms with Gasteiger partial charge in [0.15, 0.2) is 0 Å². The Labute approximate surface area is 134 Å². The molecule has 0 unspecified atom stereocenters. The highest BCUT2D eigenvalue weighted by Crippen LogP contribution is 2.17. The highest BCUT2D eigenvalue weighted by molar-refractivity contribution is 9.10. The molecule has 1 aromatic rings. The van der Waals surface area contributed by atoms with E-state index in [9.17, 15) is 9.59 Å². The Morgan fingerprint density at radius 1 is 1.19 bits per heavy atom. The average Bonchev–Trinajstić information content (AvgIpc) is 2.46. The first-order chi connectivity index (χ1) is 10.1. The molecule has 0 fully saturated rings. The van der Waals surface area contributed by atoms with E-state index in [0.29, 0.717) is 12.2 Å². The lowest BCUT2D eigenvalue weighted by atomic mass is 10.2. The number of nitrogens with zero attached hydrogens (tertiary/aromatic N) is 1. The number of amides is 1. The van der Waals surface area contributed by atoms with Crippen LogP contribution in [0, 0.1) is 0 Å². The van der Waals surface area contributed by atoms with Crippen LogP contribution in [0.25, 0.3) is 0 Å². The molecule has 0 saturated heterocycles. The normalized spacial score (nSPS) is 10.2. The van der Waals surface area contributed by atoms with E-state index >= 15 is 0 Å². The summed E-state index contributed by atoms with van der Waals surface area (Å²) >= 11 is 3.33. The van der Waals surface area contributed by atoms with E-state index in [1.165, 1.54) is 4.90 Å². The van der Waals surface area contributed by atoms with E-state index in [0.717, 1.165) is 30.2 Å². The van der Waals surface area contributed by atoms with Crippen molar-refractivity contribution in [3.8, 4) is 0 Å². The lowest BCUT2D eigenvalue weighted by Crippen LogP contribution is -2.33. The second-order valence-corrected chi connectivity index (χ2v) is 5.78. The van der Waals surface area contributed by atoms with E-state index in [2.05, 4.69) is 22.9 Å². The van der Waals surface area contributed by atoms with E-state index in [1.54, 1.807) is 25.2 Å². The molecule has 1 aromatic carbocycles. The first-order valence-corrected chi connectivity index (χ1v) is 8.01. The molecule has 0 heterocycles. The Morgan fingerprint density at radius 3 is 2.57 bits per heavy atom. The molecule has 0 spiro atoms. The number of hydrogen-bond acceptors (Lipinski definition) is 3. The van der Waals surface area contributed by atoms with Crippen LogP contribution in [0.5, 0.6) is 0 Å². The van der Waals surface area contributed by atoms with Gasteiger partial charge >= 0.3 is 5.97 Å². The van der Waals surface area contributed by atoms with Gasteiger partial charge in [0.05, 0.1) is 12.2 Å². The van der Waals surface area contributed by atoms with Crippen molar-refractivity contribution in [1.29, 1.82) is 0 Å². The molecule has 5 heteroatoms. The number of carbonyl (C=O) groups is 2. The van der Waals surface area contributed by atoms with Crippen LogP contribution in [0.2, 0.25) is 0 Å². The molecule has 0 aromatic heterocycles. The van der Waals surface area contributed by atoms with E-state index in [1.807, 2.05) is 6.07 Å². The van der Waals surface area contributed by atoms with Crippen LogP contribution < -0.4 is 0 Å². The van der Waals surface area contributed by atoms with E-state index in [4.69, 9.17) is 4.74 Å². The summed E-state index contributed by atoms with van der Waals surface area (Å²) in [4.78, 5) is 25.3. The molecule has 0 N–H and O–H groups in total. The van der Waals surface area contributed by atoms with E-state index < -0.39 is 0 Å². The smallest absolute Gasteiger partial charge is 0.325 e. The fraction of sp³-hybridized carbons (Fsp3) is 0.500. The predicted octanol–water partition coefficient (Wildman–Crippen LogP) is 3.64. The number of hydrogen-bond donors (Lipinski definition) is 0. The quantitative estimate of drug-likeness (QED) is 0.528. The Bertz CT molecular complexity index is 476. The van der Waals surface area contributed by atoms with Crippen LogP contribution in [-0.2, 0) is 9.53 Å². The molecule has 1 rings (SSSR count). The van der Waals surface area contributed by atoms with E-state index in [-0.39, 0.29) is 18.4 Å². The molecular weight excluding hydrogens is 334 g/mol. The Kier molecular flexibility index (Phi) is 8.05. The van der Waals surface area contributed by atoms with Crippen LogP contribution in [0.4, 0.5) is 0 Å². The summed E-state index contributed by atoms with van der Waals surface area (Å²) in [5.41, 5.74) is 0.538. The van der Waals surface area contributed by atoms with Crippen molar-refractivity contribution in [3.63, 3.8) is 0 Å². The zero-order valence-corrected chi connectivity index (χ0v) is 14.2. The maximum Gasteiger partial charge on any atom is 0.325 e. The third-order valence-corrected chi connectivity index (χ3v) is 3.77. The monoisotopic (exact) mass is 355 g/mol. The molecular formula is C16H22BrNO3. The van der Waals surface area contributed by atoms with Gasteiger partial charge in [0.25, 0.3) is 5.91 Å². The van der Waals surface area contributed by atoms with Crippen molar-refractivity contribution in [1.82, 2.24) is 4.90 Å². The minimum atomic E-state index is -0.366. The topological polar surface area (TPSA) is 46.6 Å². The van der Waals surface area contributed by atoms with Crippen LogP contribution in [0.15, 0.2) is 28.7 Å². The standard InChI is InChI=1S/C16H22BrNO3/c1-3-4-5-8-11-21-15(19)12-18(2)16(20)13-9-6-7-10-14(13)17/h6-7,9-10H,3-5,8,11-12H2,1-2H3. The molecule has 0 bridgehead atoms. The summed E-state index contributed by atoms with van der Waals surface area (Å²) in [5.74, 6) is -0.570. The van der Waals surface area contributed by atoms with Crippen molar-refractivity contribution >= 4 is 27.8 Å². The van der Waals surface area contributed by atoms with Gasteiger partial charge in [0.1, 0.15) is 6.54 Å². The molecule has 0 radical (unpaired) electrons. The van der Waals surface area contributed by atoms with Gasteiger partial charge in [-0.2, -0.15) is 0 Å². The van der Waals surface area contributed by atoms with Crippen molar-refractivity contribution in [2.75, 3.05) is 20.2 Å². The minimum absolute atomic E-state index is 0.0338. The van der Waals surface area contributed by atoms with Gasteiger partial charge in [-0.05, 0) is 34.5 Å². The van der Waals surface area contributed by atoms with Crippen LogP contribution >= 0.6 is 15.9 Å². The number of unbranched alkanes of at least 4 members (excludes halogenated alkanes) is 3. The first-order valence-electron chi connectivity index (χ1n) is 7.22. The van der Waals surface area contributed by atoms with Crippen LogP contribution in [0.1, 0.15) is 43.0 Å². The third-order valence-electron chi connectivity index (χ3n) is 3.08. The van der Waals surface area contributed by atoms with Crippen molar-refractivity contribution in [2.45, 2.75) is 32.6 Å². The Morgan fingerprint density at radius 2 is 1.90 bits per heavy atom. The number of esters is 1. The predicted molar refractivity (Wildman–Crippen MR) is 86.2 cm³/mol. The Balaban J connectivity index is 2.38. The number of likely N-dealkylation sites (N-methyl/N-ethyl adjacent to an activating group) is 1. The van der Waals surface area contributed by atoms with Gasteiger partial charge in [-0.15, -0.1) is 0 Å². The number of rotatable bonds is 8. The molecule has 0 aliphatic carbocycles. The average molecular weight is 356 g/mol. The maximum absolute atomic E-state index is 12.2. The van der Waals surface area contributed by atoms with Crippen molar-refractivity contribution in [3.05, 3.63) is 34.3 Å².